The summed E-state index contributed by atoms with van der Waals surface area (Å²) in [5, 5.41) is 3.42. The number of amides is 2. The first-order chi connectivity index (χ1) is 12.0. The van der Waals surface area contributed by atoms with Crippen LogP contribution in [0.15, 0.2) is 54.6 Å². The molecule has 0 aliphatic carbocycles. The maximum Gasteiger partial charge on any atom is 0.242 e. The maximum absolute atomic E-state index is 12.9. The molecule has 0 aliphatic rings. The average Bonchev–Trinajstić information content (AvgIpc) is 2.62. The number of nitrogens with zero attached hydrogens (tertiary/aromatic N) is 1. The highest BCUT2D eigenvalue weighted by molar-refractivity contribution is 6.30. The molecule has 0 radical (unpaired) electrons. The van der Waals surface area contributed by atoms with Crippen LogP contribution in [0.3, 0.4) is 0 Å². The van der Waals surface area contributed by atoms with Crippen LogP contribution >= 0.6 is 11.6 Å². The second kappa shape index (κ2) is 9.23. The number of carbonyl (C=O) groups excluding carboxylic acids is 2. The van der Waals surface area contributed by atoms with Crippen molar-refractivity contribution in [3.8, 4) is 0 Å². The summed E-state index contributed by atoms with van der Waals surface area (Å²) >= 11 is 5.90. The van der Waals surface area contributed by atoms with Gasteiger partial charge in [-0.15, -0.1) is 0 Å². The van der Waals surface area contributed by atoms with E-state index in [4.69, 9.17) is 11.6 Å². The van der Waals surface area contributed by atoms with Crippen LogP contribution in [0, 0.1) is 0 Å². The lowest BCUT2D eigenvalue weighted by Crippen LogP contribution is -2.48. The van der Waals surface area contributed by atoms with Gasteiger partial charge in [0, 0.05) is 18.1 Å². The van der Waals surface area contributed by atoms with Crippen LogP contribution in [0.2, 0.25) is 5.02 Å². The molecule has 1 N–H and O–H groups in total. The molecule has 2 aromatic rings. The molecule has 1 unspecified atom stereocenters. The molecule has 25 heavy (non-hydrogen) atoms. The first kappa shape index (κ1) is 19.0. The Bertz CT molecular complexity index is 701. The first-order valence-corrected chi connectivity index (χ1v) is 8.74. The van der Waals surface area contributed by atoms with E-state index in [0.717, 1.165) is 11.1 Å². The lowest BCUT2D eigenvalue weighted by atomic mass is 10.1. The minimum atomic E-state index is -0.542. The second-order valence-electron chi connectivity index (χ2n) is 5.88. The van der Waals surface area contributed by atoms with Crippen LogP contribution < -0.4 is 5.32 Å². The summed E-state index contributed by atoms with van der Waals surface area (Å²) in [7, 11) is 0. The number of hydrogen-bond acceptors (Lipinski definition) is 2. The van der Waals surface area contributed by atoms with Gasteiger partial charge in [-0.3, -0.25) is 9.59 Å². The molecular formula is C20H23ClN2O2. The fraction of sp³-hybridized carbons (Fsp3) is 0.300. The van der Waals surface area contributed by atoms with Crippen LogP contribution in [0.25, 0.3) is 0 Å². The predicted octanol–water partition coefficient (Wildman–Crippen LogP) is 3.44. The van der Waals surface area contributed by atoms with Crippen molar-refractivity contribution in [3.05, 3.63) is 70.7 Å². The molecule has 132 valence electrons. The summed E-state index contributed by atoms with van der Waals surface area (Å²) in [6, 6.07) is 16.3. The van der Waals surface area contributed by atoms with Gasteiger partial charge >= 0.3 is 0 Å². The molecule has 2 aromatic carbocycles. The van der Waals surface area contributed by atoms with Gasteiger partial charge in [0.2, 0.25) is 11.8 Å². The molecular weight excluding hydrogens is 336 g/mol. The second-order valence-corrected chi connectivity index (χ2v) is 6.32. The highest BCUT2D eigenvalue weighted by Crippen LogP contribution is 2.14. The minimum absolute atomic E-state index is 0.0927. The topological polar surface area (TPSA) is 49.4 Å². The molecule has 2 amide bonds. The minimum Gasteiger partial charge on any atom is -0.355 e. The van der Waals surface area contributed by atoms with E-state index in [1.54, 1.807) is 24.0 Å². The molecule has 1 atom stereocenters. The van der Waals surface area contributed by atoms with Crippen molar-refractivity contribution in [2.75, 3.05) is 6.54 Å². The van der Waals surface area contributed by atoms with Crippen molar-refractivity contribution in [2.45, 2.75) is 32.9 Å². The van der Waals surface area contributed by atoms with Gasteiger partial charge in [-0.05, 0) is 37.1 Å². The van der Waals surface area contributed by atoms with Crippen molar-refractivity contribution in [2.24, 2.45) is 0 Å². The molecule has 0 saturated heterocycles. The maximum atomic E-state index is 12.9. The number of rotatable bonds is 7. The standard InChI is InChI=1S/C20H23ClN2O2/c1-3-22-20(25)15(2)23(14-17-7-5-4-6-8-17)19(24)13-16-9-11-18(21)12-10-16/h4-12,15H,3,13-14H2,1-2H3,(H,22,25). The summed E-state index contributed by atoms with van der Waals surface area (Å²) in [6.07, 6.45) is 0.230. The summed E-state index contributed by atoms with van der Waals surface area (Å²) in [5.74, 6) is -0.243. The molecule has 0 heterocycles. The molecule has 0 fully saturated rings. The van der Waals surface area contributed by atoms with E-state index < -0.39 is 6.04 Å². The Morgan fingerprint density at radius 2 is 1.68 bits per heavy atom. The smallest absolute Gasteiger partial charge is 0.242 e. The Kier molecular flexibility index (Phi) is 7.02. The van der Waals surface area contributed by atoms with Gasteiger partial charge in [-0.1, -0.05) is 54.1 Å². The van der Waals surface area contributed by atoms with Gasteiger partial charge in [-0.25, -0.2) is 0 Å². The molecule has 0 bridgehead atoms. The summed E-state index contributed by atoms with van der Waals surface area (Å²) in [6.45, 7) is 4.55. The third kappa shape index (κ3) is 5.61. The summed E-state index contributed by atoms with van der Waals surface area (Å²) < 4.78 is 0. The van der Waals surface area contributed by atoms with Crippen LogP contribution in [-0.4, -0.2) is 29.3 Å². The zero-order valence-corrected chi connectivity index (χ0v) is 15.3. The lowest BCUT2D eigenvalue weighted by Gasteiger charge is -2.28. The van der Waals surface area contributed by atoms with Crippen LogP contribution in [0.5, 0.6) is 0 Å². The molecule has 0 saturated carbocycles. The molecule has 0 aliphatic heterocycles. The number of halogens is 1. The summed E-state index contributed by atoms with van der Waals surface area (Å²) in [4.78, 5) is 26.7. The van der Waals surface area contributed by atoms with E-state index in [9.17, 15) is 9.59 Å². The molecule has 0 spiro atoms. The van der Waals surface area contributed by atoms with E-state index in [1.807, 2.05) is 49.4 Å². The zero-order chi connectivity index (χ0) is 18.2. The fourth-order valence-corrected chi connectivity index (χ4v) is 2.69. The van der Waals surface area contributed by atoms with Gasteiger partial charge in [0.15, 0.2) is 0 Å². The van der Waals surface area contributed by atoms with E-state index in [1.165, 1.54) is 0 Å². The Labute approximate surface area is 153 Å². The Morgan fingerprint density at radius 1 is 1.04 bits per heavy atom. The van der Waals surface area contributed by atoms with E-state index in [2.05, 4.69) is 5.32 Å². The van der Waals surface area contributed by atoms with Gasteiger partial charge in [0.25, 0.3) is 0 Å². The monoisotopic (exact) mass is 358 g/mol. The van der Waals surface area contributed by atoms with Crippen molar-refractivity contribution in [3.63, 3.8) is 0 Å². The van der Waals surface area contributed by atoms with Crippen LogP contribution in [-0.2, 0) is 22.6 Å². The van der Waals surface area contributed by atoms with E-state index in [-0.39, 0.29) is 18.2 Å². The van der Waals surface area contributed by atoms with Gasteiger partial charge in [0.05, 0.1) is 6.42 Å². The number of hydrogen-bond donors (Lipinski definition) is 1. The van der Waals surface area contributed by atoms with Gasteiger partial charge in [-0.2, -0.15) is 0 Å². The van der Waals surface area contributed by atoms with E-state index >= 15 is 0 Å². The van der Waals surface area contributed by atoms with E-state index in [0.29, 0.717) is 18.1 Å². The van der Waals surface area contributed by atoms with Crippen molar-refractivity contribution >= 4 is 23.4 Å². The SMILES string of the molecule is CCNC(=O)C(C)N(Cc1ccccc1)C(=O)Cc1ccc(Cl)cc1. The normalized spacial score (nSPS) is 11.6. The quantitative estimate of drug-likeness (QED) is 0.824. The Hall–Kier alpha value is -2.33. The van der Waals surface area contributed by atoms with Crippen molar-refractivity contribution in [1.82, 2.24) is 10.2 Å². The first-order valence-electron chi connectivity index (χ1n) is 8.36. The molecule has 0 aromatic heterocycles. The largest absolute Gasteiger partial charge is 0.355 e. The molecule has 2 rings (SSSR count). The Balaban J connectivity index is 2.18. The number of carbonyl (C=O) groups is 2. The number of likely N-dealkylation sites (N-methyl/N-ethyl adjacent to an activating group) is 1. The summed E-state index contributed by atoms with van der Waals surface area (Å²) in [5.41, 5.74) is 1.86. The fourth-order valence-electron chi connectivity index (χ4n) is 2.56. The van der Waals surface area contributed by atoms with Gasteiger partial charge < -0.3 is 10.2 Å². The van der Waals surface area contributed by atoms with Crippen molar-refractivity contribution < 1.29 is 9.59 Å². The third-order valence-electron chi connectivity index (χ3n) is 3.98. The van der Waals surface area contributed by atoms with Crippen molar-refractivity contribution in [1.29, 1.82) is 0 Å². The average molecular weight is 359 g/mol. The number of nitrogens with one attached hydrogen (secondary N) is 1. The van der Waals surface area contributed by atoms with Crippen LogP contribution in [0.4, 0.5) is 0 Å². The third-order valence-corrected chi connectivity index (χ3v) is 4.23. The predicted molar refractivity (Wildman–Crippen MR) is 100 cm³/mol. The zero-order valence-electron chi connectivity index (χ0n) is 14.5. The van der Waals surface area contributed by atoms with Gasteiger partial charge in [0.1, 0.15) is 6.04 Å². The number of benzene rings is 2. The highest BCUT2D eigenvalue weighted by atomic mass is 35.5. The molecule has 4 nitrogen and oxygen atoms in total. The molecule has 5 heteroatoms. The van der Waals surface area contributed by atoms with Crippen LogP contribution in [0.1, 0.15) is 25.0 Å². The lowest BCUT2D eigenvalue weighted by molar-refractivity contribution is -0.140. The Morgan fingerprint density at radius 3 is 2.28 bits per heavy atom. The highest BCUT2D eigenvalue weighted by Gasteiger charge is 2.25.